The molecule has 0 aromatic heterocycles. The van der Waals surface area contributed by atoms with E-state index in [0.717, 1.165) is 50.8 Å². The lowest BCUT2D eigenvalue weighted by Crippen LogP contribution is -2.52. The molecule has 0 aliphatic carbocycles. The fourth-order valence-corrected chi connectivity index (χ4v) is 2.77. The maximum atomic E-state index is 12.3. The van der Waals surface area contributed by atoms with Gasteiger partial charge in [-0.15, -0.1) is 0 Å². The number of halogens is 1. The van der Waals surface area contributed by atoms with Crippen LogP contribution in [0, 0.1) is 0 Å². The molecule has 0 unspecified atom stereocenters. The van der Waals surface area contributed by atoms with Crippen LogP contribution in [-0.2, 0) is 6.54 Å². The van der Waals surface area contributed by atoms with Crippen molar-refractivity contribution in [2.45, 2.75) is 20.4 Å². The van der Waals surface area contributed by atoms with Crippen LogP contribution >= 0.6 is 11.6 Å². The van der Waals surface area contributed by atoms with Crippen LogP contribution in [-0.4, -0.2) is 60.0 Å². The number of benzene rings is 1. The number of rotatable bonds is 4. The molecule has 0 saturated carbocycles. The minimum Gasteiger partial charge on any atom is -0.325 e. The highest BCUT2D eigenvalue weighted by molar-refractivity contribution is 6.30. The molecule has 1 aromatic rings. The summed E-state index contributed by atoms with van der Waals surface area (Å²) in [5.41, 5.74) is 1.27. The maximum Gasteiger partial charge on any atom is 0.320 e. The Labute approximate surface area is 132 Å². The SMILES string of the molecule is CCN(CC)C(=O)N1CCN(Cc2ccc(Cl)cc2)CC1. The average Bonchev–Trinajstić information content (AvgIpc) is 2.51. The van der Waals surface area contributed by atoms with Gasteiger partial charge in [-0.3, -0.25) is 4.90 Å². The quantitative estimate of drug-likeness (QED) is 0.855. The highest BCUT2D eigenvalue weighted by Gasteiger charge is 2.23. The molecule has 0 atom stereocenters. The lowest BCUT2D eigenvalue weighted by atomic mass is 10.2. The van der Waals surface area contributed by atoms with E-state index >= 15 is 0 Å². The van der Waals surface area contributed by atoms with Crippen molar-refractivity contribution in [3.63, 3.8) is 0 Å². The van der Waals surface area contributed by atoms with E-state index in [4.69, 9.17) is 11.6 Å². The van der Waals surface area contributed by atoms with E-state index in [-0.39, 0.29) is 6.03 Å². The molecular formula is C16H24ClN3O. The summed E-state index contributed by atoms with van der Waals surface area (Å²) in [6.07, 6.45) is 0. The van der Waals surface area contributed by atoms with Crippen LogP contribution in [0.15, 0.2) is 24.3 Å². The fourth-order valence-electron chi connectivity index (χ4n) is 2.64. The van der Waals surface area contributed by atoms with E-state index in [1.807, 2.05) is 35.8 Å². The van der Waals surface area contributed by atoms with Crippen molar-refractivity contribution in [2.75, 3.05) is 39.3 Å². The van der Waals surface area contributed by atoms with E-state index in [1.165, 1.54) is 5.56 Å². The first-order valence-electron chi connectivity index (χ1n) is 7.64. The largest absolute Gasteiger partial charge is 0.325 e. The second kappa shape index (κ2) is 7.66. The van der Waals surface area contributed by atoms with Gasteiger partial charge < -0.3 is 9.80 Å². The zero-order valence-corrected chi connectivity index (χ0v) is 13.6. The van der Waals surface area contributed by atoms with Crippen LogP contribution < -0.4 is 0 Å². The van der Waals surface area contributed by atoms with E-state index in [9.17, 15) is 4.79 Å². The van der Waals surface area contributed by atoms with Crippen molar-refractivity contribution >= 4 is 17.6 Å². The molecule has 2 amide bonds. The number of hydrogen-bond donors (Lipinski definition) is 0. The Kier molecular flexibility index (Phi) is 5.88. The summed E-state index contributed by atoms with van der Waals surface area (Å²) in [7, 11) is 0. The first kappa shape index (κ1) is 16.1. The third-order valence-corrected chi connectivity index (χ3v) is 4.25. The molecule has 0 spiro atoms. The average molecular weight is 310 g/mol. The van der Waals surface area contributed by atoms with Crippen molar-refractivity contribution in [2.24, 2.45) is 0 Å². The third kappa shape index (κ3) is 4.35. The van der Waals surface area contributed by atoms with Crippen LogP contribution in [0.1, 0.15) is 19.4 Å². The highest BCUT2D eigenvalue weighted by Crippen LogP contribution is 2.13. The van der Waals surface area contributed by atoms with Crippen molar-refractivity contribution in [3.8, 4) is 0 Å². The number of carbonyl (C=O) groups excluding carboxylic acids is 1. The number of urea groups is 1. The van der Waals surface area contributed by atoms with E-state index < -0.39 is 0 Å². The molecule has 0 bridgehead atoms. The smallest absolute Gasteiger partial charge is 0.320 e. The van der Waals surface area contributed by atoms with Gasteiger partial charge >= 0.3 is 6.03 Å². The normalized spacial score (nSPS) is 16.0. The Morgan fingerprint density at radius 2 is 1.67 bits per heavy atom. The minimum absolute atomic E-state index is 0.172. The number of nitrogens with zero attached hydrogens (tertiary/aromatic N) is 3. The summed E-state index contributed by atoms with van der Waals surface area (Å²) >= 11 is 5.90. The molecule has 0 N–H and O–H groups in total. The van der Waals surface area contributed by atoms with E-state index in [1.54, 1.807) is 0 Å². The maximum absolute atomic E-state index is 12.3. The monoisotopic (exact) mass is 309 g/mol. The van der Waals surface area contributed by atoms with Crippen LogP contribution in [0.5, 0.6) is 0 Å². The zero-order chi connectivity index (χ0) is 15.2. The fraction of sp³-hybridized carbons (Fsp3) is 0.562. The van der Waals surface area contributed by atoms with Gasteiger partial charge in [0.2, 0.25) is 0 Å². The summed E-state index contributed by atoms with van der Waals surface area (Å²) < 4.78 is 0. The van der Waals surface area contributed by atoms with Gasteiger partial charge in [-0.1, -0.05) is 23.7 Å². The van der Waals surface area contributed by atoms with Crippen LogP contribution in [0.2, 0.25) is 5.02 Å². The molecule has 21 heavy (non-hydrogen) atoms. The molecule has 0 radical (unpaired) electrons. The van der Waals surface area contributed by atoms with Crippen LogP contribution in [0.4, 0.5) is 4.79 Å². The van der Waals surface area contributed by atoms with Crippen molar-refractivity contribution < 1.29 is 4.79 Å². The van der Waals surface area contributed by atoms with Crippen LogP contribution in [0.25, 0.3) is 0 Å². The Morgan fingerprint density at radius 1 is 1.10 bits per heavy atom. The van der Waals surface area contributed by atoms with Gasteiger partial charge in [0.1, 0.15) is 0 Å². The van der Waals surface area contributed by atoms with Gasteiger partial charge in [0.15, 0.2) is 0 Å². The first-order chi connectivity index (χ1) is 10.1. The number of hydrogen-bond acceptors (Lipinski definition) is 2. The standard InChI is InChI=1S/C16H24ClN3O/c1-3-19(4-2)16(21)20-11-9-18(10-12-20)13-14-5-7-15(17)8-6-14/h5-8H,3-4,9-13H2,1-2H3. The van der Waals surface area contributed by atoms with Gasteiger partial charge in [-0.05, 0) is 31.5 Å². The summed E-state index contributed by atoms with van der Waals surface area (Å²) in [4.78, 5) is 18.5. The summed E-state index contributed by atoms with van der Waals surface area (Å²) in [5.74, 6) is 0. The molecule has 1 fully saturated rings. The molecular weight excluding hydrogens is 286 g/mol. The van der Waals surface area contributed by atoms with Crippen molar-refractivity contribution in [3.05, 3.63) is 34.9 Å². The number of amides is 2. The van der Waals surface area contributed by atoms with Gasteiger partial charge in [0.05, 0.1) is 0 Å². The topological polar surface area (TPSA) is 26.8 Å². The lowest BCUT2D eigenvalue weighted by molar-refractivity contribution is 0.112. The summed E-state index contributed by atoms with van der Waals surface area (Å²) in [5, 5.41) is 0.772. The molecule has 1 saturated heterocycles. The summed E-state index contributed by atoms with van der Waals surface area (Å²) in [6, 6.07) is 8.16. The first-order valence-corrected chi connectivity index (χ1v) is 8.02. The van der Waals surface area contributed by atoms with Gasteiger partial charge in [0, 0.05) is 50.8 Å². The molecule has 2 rings (SSSR count). The Hall–Kier alpha value is -1.26. The predicted molar refractivity (Wildman–Crippen MR) is 86.6 cm³/mol. The number of carbonyl (C=O) groups is 1. The molecule has 1 aliphatic heterocycles. The van der Waals surface area contributed by atoms with Gasteiger partial charge in [-0.2, -0.15) is 0 Å². The number of piperazine rings is 1. The molecule has 1 aliphatic rings. The van der Waals surface area contributed by atoms with Gasteiger partial charge in [-0.25, -0.2) is 4.79 Å². The van der Waals surface area contributed by atoms with Gasteiger partial charge in [0.25, 0.3) is 0 Å². The summed E-state index contributed by atoms with van der Waals surface area (Å²) in [6.45, 7) is 10.00. The van der Waals surface area contributed by atoms with Crippen LogP contribution in [0.3, 0.4) is 0 Å². The van der Waals surface area contributed by atoms with Crippen molar-refractivity contribution in [1.29, 1.82) is 0 Å². The second-order valence-corrected chi connectivity index (χ2v) is 5.78. The highest BCUT2D eigenvalue weighted by atomic mass is 35.5. The Morgan fingerprint density at radius 3 is 2.19 bits per heavy atom. The molecule has 1 aromatic carbocycles. The van der Waals surface area contributed by atoms with Crippen molar-refractivity contribution in [1.82, 2.24) is 14.7 Å². The minimum atomic E-state index is 0.172. The third-order valence-electron chi connectivity index (χ3n) is 4.00. The Balaban J connectivity index is 1.83. The predicted octanol–water partition coefficient (Wildman–Crippen LogP) is 2.92. The molecule has 1 heterocycles. The second-order valence-electron chi connectivity index (χ2n) is 5.34. The van der Waals surface area contributed by atoms with E-state index in [2.05, 4.69) is 17.0 Å². The lowest BCUT2D eigenvalue weighted by Gasteiger charge is -2.37. The zero-order valence-electron chi connectivity index (χ0n) is 12.9. The molecule has 5 heteroatoms. The molecule has 116 valence electrons. The van der Waals surface area contributed by atoms with E-state index in [0.29, 0.717) is 0 Å². The molecule has 4 nitrogen and oxygen atoms in total. The Bertz CT molecular complexity index is 451.